The molecule has 2 aromatic carbocycles. The largest absolute Gasteiger partial charge is 0.488 e. The molecule has 0 aliphatic heterocycles. The molecule has 180 valence electrons. The van der Waals surface area contributed by atoms with Crippen molar-refractivity contribution >= 4 is 23.1 Å². The molecule has 1 saturated carbocycles. The Morgan fingerprint density at radius 3 is 2.38 bits per heavy atom. The molecule has 1 aromatic heterocycles. The van der Waals surface area contributed by atoms with Crippen LogP contribution in [-0.2, 0) is 12.6 Å². The molecule has 5 nitrogen and oxygen atoms in total. The smallest absolute Gasteiger partial charge is 0.421 e. The summed E-state index contributed by atoms with van der Waals surface area (Å²) in [6.45, 7) is 4.29. The summed E-state index contributed by atoms with van der Waals surface area (Å²) < 4.78 is 47.2. The van der Waals surface area contributed by atoms with E-state index in [9.17, 15) is 13.2 Å². The fourth-order valence-corrected chi connectivity index (χ4v) is 4.06. The number of aromatic nitrogens is 2. The average molecular weight is 471 g/mol. The second-order valence-corrected chi connectivity index (χ2v) is 9.02. The van der Waals surface area contributed by atoms with Gasteiger partial charge in [0, 0.05) is 11.9 Å². The summed E-state index contributed by atoms with van der Waals surface area (Å²) in [5.41, 5.74) is 1.38. The summed E-state index contributed by atoms with van der Waals surface area (Å²) >= 11 is 0. The molecule has 0 bridgehead atoms. The SMILES string of the molecule is CC(C)Cc1ccc(Nc2ncc(C(F)(F)F)c(Nc3ccccc3OC3CCCC3)n2)cc1. The van der Waals surface area contributed by atoms with Crippen LogP contribution in [-0.4, -0.2) is 16.1 Å². The Morgan fingerprint density at radius 2 is 1.71 bits per heavy atom. The van der Waals surface area contributed by atoms with Gasteiger partial charge in [0.1, 0.15) is 17.1 Å². The number of nitrogens with zero attached hydrogens (tertiary/aromatic N) is 2. The fourth-order valence-electron chi connectivity index (χ4n) is 4.06. The third kappa shape index (κ3) is 6.18. The van der Waals surface area contributed by atoms with Crippen LogP contribution in [0.2, 0.25) is 0 Å². The van der Waals surface area contributed by atoms with E-state index in [2.05, 4.69) is 34.4 Å². The quantitative estimate of drug-likeness (QED) is 0.357. The average Bonchev–Trinajstić information content (AvgIpc) is 3.29. The summed E-state index contributed by atoms with van der Waals surface area (Å²) in [6.07, 6.45) is 1.29. The minimum Gasteiger partial charge on any atom is -0.488 e. The van der Waals surface area contributed by atoms with Crippen molar-refractivity contribution in [2.24, 2.45) is 5.92 Å². The van der Waals surface area contributed by atoms with Crippen molar-refractivity contribution in [2.75, 3.05) is 10.6 Å². The van der Waals surface area contributed by atoms with Gasteiger partial charge in [0.15, 0.2) is 0 Å². The van der Waals surface area contributed by atoms with Crippen LogP contribution in [0.5, 0.6) is 5.75 Å². The number of benzene rings is 2. The van der Waals surface area contributed by atoms with Crippen molar-refractivity contribution in [3.05, 3.63) is 65.9 Å². The van der Waals surface area contributed by atoms with Crippen LogP contribution in [0.4, 0.5) is 36.3 Å². The van der Waals surface area contributed by atoms with Crippen LogP contribution in [0.3, 0.4) is 0 Å². The Hall–Kier alpha value is -3.29. The van der Waals surface area contributed by atoms with Gasteiger partial charge in [-0.05, 0) is 67.9 Å². The van der Waals surface area contributed by atoms with Gasteiger partial charge in [-0.2, -0.15) is 18.2 Å². The minimum absolute atomic E-state index is 0.0706. The Bertz CT molecular complexity index is 1090. The first-order chi connectivity index (χ1) is 16.3. The van der Waals surface area contributed by atoms with E-state index in [0.29, 0.717) is 23.0 Å². The van der Waals surface area contributed by atoms with Crippen LogP contribution in [0, 0.1) is 5.92 Å². The lowest BCUT2D eigenvalue weighted by Crippen LogP contribution is -2.14. The summed E-state index contributed by atoms with van der Waals surface area (Å²) in [5, 5.41) is 5.84. The molecule has 3 aromatic rings. The van der Waals surface area contributed by atoms with Crippen molar-refractivity contribution in [2.45, 2.75) is 58.2 Å². The van der Waals surface area contributed by atoms with Gasteiger partial charge in [-0.3, -0.25) is 0 Å². The zero-order valence-electron chi connectivity index (χ0n) is 19.3. The third-order valence-corrected chi connectivity index (χ3v) is 5.68. The number of halogens is 3. The molecule has 0 amide bonds. The Kier molecular flexibility index (Phi) is 7.24. The molecule has 1 heterocycles. The number of nitrogens with one attached hydrogen (secondary N) is 2. The van der Waals surface area contributed by atoms with E-state index in [4.69, 9.17) is 4.74 Å². The predicted molar refractivity (Wildman–Crippen MR) is 128 cm³/mol. The lowest BCUT2D eigenvalue weighted by Gasteiger charge is -2.19. The molecular weight excluding hydrogens is 441 g/mol. The van der Waals surface area contributed by atoms with Crippen molar-refractivity contribution in [3.8, 4) is 5.75 Å². The number of ether oxygens (including phenoxy) is 1. The molecule has 0 saturated heterocycles. The topological polar surface area (TPSA) is 59.1 Å². The highest BCUT2D eigenvalue weighted by molar-refractivity contribution is 5.67. The maximum Gasteiger partial charge on any atom is 0.421 e. The molecule has 0 atom stereocenters. The maximum atomic E-state index is 13.7. The normalized spacial score (nSPS) is 14.4. The molecule has 1 aliphatic carbocycles. The first kappa shape index (κ1) is 23.9. The molecule has 1 aliphatic rings. The number of hydrogen-bond acceptors (Lipinski definition) is 5. The zero-order chi connectivity index (χ0) is 24.1. The molecule has 1 fully saturated rings. The standard InChI is InChI=1S/C26H29F3N4O/c1-17(2)15-18-11-13-19(14-12-18)31-25-30-16-21(26(27,28)29)24(33-25)32-22-9-5-6-10-23(22)34-20-7-3-4-8-20/h5-6,9-14,16-17,20H,3-4,7-8,15H2,1-2H3,(H2,30,31,32,33). The van der Waals surface area contributed by atoms with E-state index in [1.165, 1.54) is 5.56 Å². The lowest BCUT2D eigenvalue weighted by atomic mass is 10.0. The van der Waals surface area contributed by atoms with E-state index in [-0.39, 0.29) is 17.9 Å². The fraction of sp³-hybridized carbons (Fsp3) is 0.385. The second-order valence-electron chi connectivity index (χ2n) is 9.02. The summed E-state index contributed by atoms with van der Waals surface area (Å²) in [4.78, 5) is 8.07. The predicted octanol–water partition coefficient (Wildman–Crippen LogP) is 7.50. The van der Waals surface area contributed by atoms with Gasteiger partial charge in [0.25, 0.3) is 0 Å². The van der Waals surface area contributed by atoms with E-state index in [1.54, 1.807) is 24.3 Å². The molecule has 0 spiro atoms. The number of anilines is 4. The molecule has 0 radical (unpaired) electrons. The van der Waals surface area contributed by atoms with Gasteiger partial charge in [-0.25, -0.2) is 4.98 Å². The Balaban J connectivity index is 1.58. The lowest BCUT2D eigenvalue weighted by molar-refractivity contribution is -0.137. The highest BCUT2D eigenvalue weighted by Gasteiger charge is 2.35. The van der Waals surface area contributed by atoms with Crippen molar-refractivity contribution < 1.29 is 17.9 Å². The van der Waals surface area contributed by atoms with Gasteiger partial charge < -0.3 is 15.4 Å². The maximum absolute atomic E-state index is 13.7. The number of para-hydroxylation sites is 2. The summed E-state index contributed by atoms with van der Waals surface area (Å²) in [6, 6.07) is 14.7. The van der Waals surface area contributed by atoms with E-state index in [0.717, 1.165) is 38.3 Å². The van der Waals surface area contributed by atoms with Gasteiger partial charge in [0.2, 0.25) is 5.95 Å². The van der Waals surface area contributed by atoms with Gasteiger partial charge in [-0.1, -0.05) is 38.1 Å². The van der Waals surface area contributed by atoms with E-state index >= 15 is 0 Å². The molecular formula is C26H29F3N4O. The minimum atomic E-state index is -4.61. The van der Waals surface area contributed by atoms with Crippen molar-refractivity contribution in [1.29, 1.82) is 0 Å². The van der Waals surface area contributed by atoms with Crippen LogP contribution in [0.1, 0.15) is 50.7 Å². The second kappa shape index (κ2) is 10.3. The van der Waals surface area contributed by atoms with E-state index in [1.807, 2.05) is 24.3 Å². The van der Waals surface area contributed by atoms with E-state index < -0.39 is 11.7 Å². The molecule has 0 unspecified atom stereocenters. The van der Waals surface area contributed by atoms with Crippen LogP contribution >= 0.6 is 0 Å². The summed E-state index contributed by atoms with van der Waals surface area (Å²) in [5.74, 6) is 0.785. The molecule has 34 heavy (non-hydrogen) atoms. The third-order valence-electron chi connectivity index (χ3n) is 5.68. The van der Waals surface area contributed by atoms with Gasteiger partial charge in [-0.15, -0.1) is 0 Å². The van der Waals surface area contributed by atoms with Crippen LogP contribution < -0.4 is 15.4 Å². The zero-order valence-corrected chi connectivity index (χ0v) is 19.3. The van der Waals surface area contributed by atoms with Gasteiger partial charge in [0.05, 0.1) is 11.8 Å². The van der Waals surface area contributed by atoms with Crippen LogP contribution in [0.15, 0.2) is 54.7 Å². The molecule has 8 heteroatoms. The molecule has 2 N–H and O–H groups in total. The van der Waals surface area contributed by atoms with Gasteiger partial charge >= 0.3 is 6.18 Å². The highest BCUT2D eigenvalue weighted by Crippen LogP contribution is 2.38. The van der Waals surface area contributed by atoms with Crippen molar-refractivity contribution in [3.63, 3.8) is 0 Å². The number of hydrogen-bond donors (Lipinski definition) is 2. The number of rotatable bonds is 8. The van der Waals surface area contributed by atoms with Crippen molar-refractivity contribution in [1.82, 2.24) is 9.97 Å². The molecule has 4 rings (SSSR count). The van der Waals surface area contributed by atoms with Crippen LogP contribution in [0.25, 0.3) is 0 Å². The highest BCUT2D eigenvalue weighted by atomic mass is 19.4. The summed E-state index contributed by atoms with van der Waals surface area (Å²) in [7, 11) is 0. The monoisotopic (exact) mass is 470 g/mol. The number of alkyl halides is 3. The first-order valence-electron chi connectivity index (χ1n) is 11.6. The Labute approximate surface area is 197 Å². The Morgan fingerprint density at radius 1 is 1.00 bits per heavy atom. The first-order valence-corrected chi connectivity index (χ1v) is 11.6.